The maximum absolute atomic E-state index is 13.3. The Kier molecular flexibility index (Phi) is 7.88. The van der Waals surface area contributed by atoms with E-state index in [1.165, 1.54) is 11.8 Å². The number of halogens is 1. The van der Waals surface area contributed by atoms with Crippen LogP contribution in [0.1, 0.15) is 53.2 Å². The average molecular weight is 498 g/mol. The summed E-state index contributed by atoms with van der Waals surface area (Å²) in [5, 5.41) is 9.23. The first-order valence-electron chi connectivity index (χ1n) is 12.2. The smallest absolute Gasteiger partial charge is 0.306 e. The number of alkyl halides is 1. The van der Waals surface area contributed by atoms with Gasteiger partial charge in [0.25, 0.3) is 5.91 Å². The minimum atomic E-state index is -1.05. The highest BCUT2D eigenvalue weighted by atomic mass is 19.1. The molecule has 4 rings (SSSR count). The Morgan fingerprint density at radius 2 is 1.81 bits per heavy atom. The number of ether oxygens (including phenoxy) is 1. The maximum Gasteiger partial charge on any atom is 0.306 e. The Bertz CT molecular complexity index is 1110. The lowest BCUT2D eigenvalue weighted by atomic mass is 10.0. The van der Waals surface area contributed by atoms with Gasteiger partial charge in [0, 0.05) is 30.8 Å². The van der Waals surface area contributed by atoms with Gasteiger partial charge in [-0.15, -0.1) is 0 Å². The first-order valence-corrected chi connectivity index (χ1v) is 12.2. The molecule has 0 spiro atoms. The number of hydrogen-bond acceptors (Lipinski definition) is 5. The summed E-state index contributed by atoms with van der Waals surface area (Å²) < 4.78 is 19.4. The number of primary amides is 1. The second-order valence-electron chi connectivity index (χ2n) is 9.66. The van der Waals surface area contributed by atoms with Crippen molar-refractivity contribution >= 4 is 17.8 Å². The van der Waals surface area contributed by atoms with Crippen LogP contribution >= 0.6 is 0 Å². The number of fused-ring (bicyclic) bond motifs is 1. The Balaban J connectivity index is 1.40. The summed E-state index contributed by atoms with van der Waals surface area (Å²) in [7, 11) is 0. The molecule has 0 radical (unpaired) electrons. The van der Waals surface area contributed by atoms with Gasteiger partial charge in [-0.25, -0.2) is 4.39 Å². The van der Waals surface area contributed by atoms with Gasteiger partial charge in [0.15, 0.2) is 0 Å². The van der Waals surface area contributed by atoms with Crippen LogP contribution in [0.15, 0.2) is 42.5 Å². The summed E-state index contributed by atoms with van der Waals surface area (Å²) >= 11 is 0. The zero-order valence-corrected chi connectivity index (χ0v) is 20.4. The van der Waals surface area contributed by atoms with Gasteiger partial charge in [0.05, 0.1) is 12.5 Å². The molecule has 192 valence electrons. The molecular formula is C27H32FN3O5. The third-order valence-corrected chi connectivity index (χ3v) is 7.00. The molecule has 0 aromatic heterocycles. The van der Waals surface area contributed by atoms with Crippen LogP contribution in [-0.4, -0.2) is 58.0 Å². The maximum atomic E-state index is 13.3. The molecule has 0 saturated carbocycles. The third kappa shape index (κ3) is 5.84. The first kappa shape index (κ1) is 25.6. The van der Waals surface area contributed by atoms with Crippen LogP contribution in [0.4, 0.5) is 4.39 Å². The second kappa shape index (κ2) is 11.1. The van der Waals surface area contributed by atoms with Crippen molar-refractivity contribution in [3.63, 3.8) is 0 Å². The van der Waals surface area contributed by atoms with Gasteiger partial charge in [0.2, 0.25) is 5.91 Å². The molecule has 2 heterocycles. The molecule has 0 aliphatic carbocycles. The van der Waals surface area contributed by atoms with E-state index in [1.807, 2.05) is 24.3 Å². The second-order valence-corrected chi connectivity index (χ2v) is 9.66. The predicted octanol–water partition coefficient (Wildman–Crippen LogP) is 3.12. The quantitative estimate of drug-likeness (QED) is 0.522. The molecule has 9 heteroatoms. The van der Waals surface area contributed by atoms with Crippen LogP contribution in [0.2, 0.25) is 0 Å². The van der Waals surface area contributed by atoms with E-state index in [1.54, 1.807) is 18.2 Å². The molecule has 0 bridgehead atoms. The number of aliphatic carboxylic acids is 1. The van der Waals surface area contributed by atoms with E-state index in [0.717, 1.165) is 30.8 Å². The van der Waals surface area contributed by atoms with E-state index in [0.29, 0.717) is 36.3 Å². The van der Waals surface area contributed by atoms with Crippen LogP contribution < -0.4 is 10.5 Å². The lowest BCUT2D eigenvalue weighted by molar-refractivity contribution is -0.142. The molecule has 3 N–H and O–H groups in total. The fourth-order valence-electron chi connectivity index (χ4n) is 4.77. The van der Waals surface area contributed by atoms with Crippen LogP contribution in [0.25, 0.3) is 0 Å². The Hall–Kier alpha value is -3.46. The molecule has 1 saturated heterocycles. The molecule has 2 aromatic rings. The molecule has 2 atom stereocenters. The Morgan fingerprint density at radius 1 is 1.14 bits per heavy atom. The zero-order valence-electron chi connectivity index (χ0n) is 20.4. The minimum absolute atomic E-state index is 0.0568. The van der Waals surface area contributed by atoms with Gasteiger partial charge in [-0.1, -0.05) is 37.3 Å². The van der Waals surface area contributed by atoms with E-state index in [2.05, 4.69) is 4.90 Å². The highest BCUT2D eigenvalue weighted by Crippen LogP contribution is 2.33. The number of rotatable bonds is 10. The summed E-state index contributed by atoms with van der Waals surface area (Å²) in [5.41, 5.74) is 8.74. The zero-order chi connectivity index (χ0) is 25.8. The fraction of sp³-hybridized carbons (Fsp3) is 0.444. The van der Waals surface area contributed by atoms with Crippen molar-refractivity contribution in [2.24, 2.45) is 11.7 Å². The van der Waals surface area contributed by atoms with E-state index in [9.17, 15) is 23.9 Å². The van der Waals surface area contributed by atoms with Gasteiger partial charge >= 0.3 is 5.97 Å². The van der Waals surface area contributed by atoms with Crippen molar-refractivity contribution in [2.75, 3.05) is 13.1 Å². The van der Waals surface area contributed by atoms with Crippen LogP contribution in [0, 0.1) is 5.92 Å². The number of nitrogens with two attached hydrogens (primary N) is 1. The highest BCUT2D eigenvalue weighted by Gasteiger charge is 2.38. The van der Waals surface area contributed by atoms with Crippen molar-refractivity contribution in [1.82, 2.24) is 9.80 Å². The first-order chi connectivity index (χ1) is 17.2. The fourth-order valence-corrected chi connectivity index (χ4v) is 4.77. The van der Waals surface area contributed by atoms with E-state index >= 15 is 0 Å². The highest BCUT2D eigenvalue weighted by molar-refractivity contribution is 6.01. The number of nitrogens with zero attached hydrogens (tertiary/aromatic N) is 2. The normalized spacial score (nSPS) is 18.1. The SMILES string of the molecule is CC(CC(C(N)=O)N1Cc2c(OCc3ccc(CN4CCC(F)CC4)cc3)cccc2C1=O)C(=O)O. The summed E-state index contributed by atoms with van der Waals surface area (Å²) in [4.78, 5) is 40.0. The summed E-state index contributed by atoms with van der Waals surface area (Å²) in [6, 6.07) is 12.2. The lowest BCUT2D eigenvalue weighted by Crippen LogP contribution is -2.46. The largest absolute Gasteiger partial charge is 0.489 e. The van der Waals surface area contributed by atoms with E-state index < -0.39 is 30.0 Å². The number of likely N-dealkylation sites (tertiary alicyclic amines) is 1. The predicted molar refractivity (Wildman–Crippen MR) is 131 cm³/mol. The number of carboxylic acids is 1. The molecule has 2 aliphatic heterocycles. The van der Waals surface area contributed by atoms with Gasteiger partial charge in [0.1, 0.15) is 24.6 Å². The van der Waals surface area contributed by atoms with Crippen molar-refractivity contribution in [2.45, 2.75) is 58.1 Å². The van der Waals surface area contributed by atoms with Crippen LogP contribution in [0.5, 0.6) is 5.75 Å². The summed E-state index contributed by atoms with van der Waals surface area (Å²) in [6.07, 6.45) is 0.439. The van der Waals surface area contributed by atoms with Crippen LogP contribution in [-0.2, 0) is 29.3 Å². The topological polar surface area (TPSA) is 113 Å². The molecule has 2 aliphatic rings. The van der Waals surface area contributed by atoms with Crippen molar-refractivity contribution in [3.8, 4) is 5.75 Å². The van der Waals surface area contributed by atoms with Crippen molar-refractivity contribution in [1.29, 1.82) is 0 Å². The number of carbonyl (C=O) groups excluding carboxylic acids is 2. The third-order valence-electron chi connectivity index (χ3n) is 7.00. The molecule has 2 amide bonds. The Morgan fingerprint density at radius 3 is 2.44 bits per heavy atom. The number of carboxylic acid groups (broad SMARTS) is 1. The van der Waals surface area contributed by atoms with Crippen molar-refractivity contribution < 1.29 is 28.6 Å². The monoisotopic (exact) mass is 497 g/mol. The number of amides is 2. The van der Waals surface area contributed by atoms with Gasteiger partial charge in [-0.05, 0) is 42.5 Å². The van der Waals surface area contributed by atoms with Gasteiger partial charge in [-0.2, -0.15) is 0 Å². The molecule has 8 nitrogen and oxygen atoms in total. The van der Waals surface area contributed by atoms with Gasteiger partial charge in [-0.3, -0.25) is 19.3 Å². The molecule has 1 fully saturated rings. The van der Waals surface area contributed by atoms with Gasteiger partial charge < -0.3 is 20.5 Å². The number of benzene rings is 2. The molecule has 36 heavy (non-hydrogen) atoms. The van der Waals surface area contributed by atoms with E-state index in [-0.39, 0.29) is 18.9 Å². The number of piperidine rings is 1. The van der Waals surface area contributed by atoms with E-state index in [4.69, 9.17) is 10.5 Å². The summed E-state index contributed by atoms with van der Waals surface area (Å²) in [5.74, 6) is -2.44. The molecule has 2 aromatic carbocycles. The Labute approximate surface area is 209 Å². The standard InChI is InChI=1S/C27H32FN3O5/c1-17(27(34)35)13-23(25(29)32)31-15-22-21(26(31)33)3-2-4-24(22)36-16-19-7-5-18(6-8-19)14-30-11-9-20(28)10-12-30/h2-8,17,20,23H,9-16H2,1H3,(H2,29,32)(H,34,35). The van der Waals surface area contributed by atoms with Crippen molar-refractivity contribution in [3.05, 3.63) is 64.7 Å². The number of hydrogen-bond donors (Lipinski definition) is 2. The lowest BCUT2D eigenvalue weighted by Gasteiger charge is -2.28. The van der Waals surface area contributed by atoms with Crippen LogP contribution in [0.3, 0.4) is 0 Å². The molecule has 2 unspecified atom stereocenters. The molecular weight excluding hydrogens is 465 g/mol. The minimum Gasteiger partial charge on any atom is -0.489 e. The average Bonchev–Trinajstić information content (AvgIpc) is 3.19. The number of carbonyl (C=O) groups is 3. The summed E-state index contributed by atoms with van der Waals surface area (Å²) in [6.45, 7) is 4.24.